The molecule has 9 aliphatic rings. The lowest BCUT2D eigenvalue weighted by Crippen LogP contribution is -2.73. The average Bonchev–Trinajstić information content (AvgIpc) is 3.89. The fourth-order valence-corrected chi connectivity index (χ4v) is 12.5. The predicted molar refractivity (Wildman–Crippen MR) is 198 cm³/mol. The number of halogens is 1. The van der Waals surface area contributed by atoms with Crippen LogP contribution in [-0.2, 0) is 23.9 Å². The van der Waals surface area contributed by atoms with E-state index in [0.29, 0.717) is 50.0 Å². The molecular formula is C41H63FN6O5. The topological polar surface area (TPSA) is 107 Å². The van der Waals surface area contributed by atoms with E-state index in [2.05, 4.69) is 37.3 Å². The first-order valence-corrected chi connectivity index (χ1v) is 21.5. The van der Waals surface area contributed by atoms with E-state index in [1.807, 2.05) is 6.20 Å². The highest BCUT2D eigenvalue weighted by atomic mass is 19.1. The van der Waals surface area contributed by atoms with E-state index in [-0.39, 0.29) is 59.9 Å². The number of rotatable bonds is 9. The van der Waals surface area contributed by atoms with Crippen LogP contribution in [0.4, 0.5) is 4.39 Å². The summed E-state index contributed by atoms with van der Waals surface area (Å²) in [6.07, 6.45) is 15.1. The van der Waals surface area contributed by atoms with Crippen LogP contribution < -0.4 is 10.6 Å². The fourth-order valence-electron chi connectivity index (χ4n) is 12.5. The smallest absolute Gasteiger partial charge is 0.256 e. The van der Waals surface area contributed by atoms with Crippen molar-refractivity contribution in [3.8, 4) is 0 Å². The molecule has 294 valence electrons. The van der Waals surface area contributed by atoms with Crippen molar-refractivity contribution in [2.75, 3.05) is 52.9 Å². The standard InChI is InChI=1S/C41H63FN6O5/c1-45-15-7-8-26(45)11-14-43-41(51)30-24-48-32-22-34-28(27-9-3-4-10-33(27)52-34)21-35(32)53-40-37(48)29(39(30)50)20-31(42)38(40)47-19-12-25(23-47)44-36(49)13-18-46-16-5-2-6-17-46/h24-29,31-35,37-38,40H,2-23H2,1H3,(H,43,51)(H,44,49)/t25-,26?,27?,28?,29?,31?,32?,33?,34?,35?,37?,38?,40?/m1/s1. The predicted octanol–water partition coefficient (Wildman–Crippen LogP) is 3.02. The zero-order valence-corrected chi connectivity index (χ0v) is 31.8. The van der Waals surface area contributed by atoms with Gasteiger partial charge < -0.3 is 34.8 Å². The van der Waals surface area contributed by atoms with Gasteiger partial charge in [-0.2, -0.15) is 0 Å². The van der Waals surface area contributed by atoms with Crippen LogP contribution in [0.15, 0.2) is 11.8 Å². The van der Waals surface area contributed by atoms with Gasteiger partial charge in [-0.05, 0) is 109 Å². The maximum Gasteiger partial charge on any atom is 0.256 e. The van der Waals surface area contributed by atoms with Gasteiger partial charge in [-0.1, -0.05) is 19.3 Å². The first-order chi connectivity index (χ1) is 25.8. The van der Waals surface area contributed by atoms with Gasteiger partial charge in [-0.3, -0.25) is 19.3 Å². The minimum absolute atomic E-state index is 0.0227. The van der Waals surface area contributed by atoms with Gasteiger partial charge in [0.05, 0.1) is 48.1 Å². The van der Waals surface area contributed by atoms with E-state index in [0.717, 1.165) is 64.7 Å². The van der Waals surface area contributed by atoms with Crippen LogP contribution in [0.5, 0.6) is 0 Å². The van der Waals surface area contributed by atoms with Crippen molar-refractivity contribution in [1.29, 1.82) is 0 Å². The number of alkyl halides is 1. The van der Waals surface area contributed by atoms with E-state index in [4.69, 9.17) is 9.47 Å². The zero-order chi connectivity index (χ0) is 36.2. The number of nitrogens with zero attached hydrogens (tertiary/aromatic N) is 4. The normalized spacial score (nSPS) is 43.1. The van der Waals surface area contributed by atoms with Gasteiger partial charge in [0.1, 0.15) is 6.17 Å². The highest BCUT2D eigenvalue weighted by molar-refractivity contribution is 6.20. The summed E-state index contributed by atoms with van der Waals surface area (Å²) >= 11 is 0. The molecule has 0 aromatic carbocycles. The Balaban J connectivity index is 0.931. The number of nitrogens with one attached hydrogen (secondary N) is 2. The number of amides is 2. The first kappa shape index (κ1) is 36.5. The second-order valence-corrected chi connectivity index (χ2v) is 18.2. The van der Waals surface area contributed by atoms with E-state index in [1.54, 1.807) is 0 Å². The summed E-state index contributed by atoms with van der Waals surface area (Å²) in [6.45, 7) is 5.81. The molecule has 12 unspecified atom stereocenters. The van der Waals surface area contributed by atoms with Crippen molar-refractivity contribution < 1.29 is 28.2 Å². The number of hydrogen-bond acceptors (Lipinski definition) is 9. The molecule has 6 heterocycles. The van der Waals surface area contributed by atoms with E-state index in [9.17, 15) is 14.4 Å². The lowest BCUT2D eigenvalue weighted by molar-refractivity contribution is -0.220. The number of ketones is 1. The maximum absolute atomic E-state index is 16.8. The minimum Gasteiger partial charge on any atom is -0.374 e. The molecule has 0 aromatic heterocycles. The van der Waals surface area contributed by atoms with Crippen LogP contribution >= 0.6 is 0 Å². The number of hydrogen-bond donors (Lipinski definition) is 2. The number of carbonyl (C=O) groups excluding carboxylic acids is 3. The quantitative estimate of drug-likeness (QED) is 0.346. The fraction of sp³-hybridized carbons (Fsp3) is 0.878. The lowest BCUT2D eigenvalue weighted by atomic mass is 9.67. The van der Waals surface area contributed by atoms with Gasteiger partial charge in [-0.25, -0.2) is 4.39 Å². The number of ether oxygens (including phenoxy) is 2. The van der Waals surface area contributed by atoms with Crippen LogP contribution in [0.1, 0.15) is 96.3 Å². The van der Waals surface area contributed by atoms with E-state index >= 15 is 4.39 Å². The summed E-state index contributed by atoms with van der Waals surface area (Å²) in [5, 5.41) is 6.35. The van der Waals surface area contributed by atoms with Crippen molar-refractivity contribution in [3.05, 3.63) is 11.8 Å². The zero-order valence-electron chi connectivity index (χ0n) is 31.8. The lowest BCUT2D eigenvalue weighted by Gasteiger charge is -2.61. The Kier molecular flexibility index (Phi) is 10.6. The summed E-state index contributed by atoms with van der Waals surface area (Å²) in [5.74, 6) is -0.159. The van der Waals surface area contributed by atoms with Crippen LogP contribution in [0.2, 0.25) is 0 Å². The van der Waals surface area contributed by atoms with Crippen molar-refractivity contribution in [2.45, 2.75) is 157 Å². The molecule has 13 atom stereocenters. The number of piperidine rings is 1. The molecule has 6 aliphatic heterocycles. The Labute approximate surface area is 315 Å². The second-order valence-electron chi connectivity index (χ2n) is 18.2. The third-order valence-corrected chi connectivity index (χ3v) is 15.2. The molecule has 12 heteroatoms. The van der Waals surface area contributed by atoms with Gasteiger partial charge in [0.15, 0.2) is 5.78 Å². The number of likely N-dealkylation sites (tertiary alicyclic amines) is 3. The maximum atomic E-state index is 16.8. The Morgan fingerprint density at radius 1 is 0.868 bits per heavy atom. The molecule has 0 radical (unpaired) electrons. The number of morpholine rings is 1. The molecule has 5 saturated heterocycles. The molecule has 3 saturated carbocycles. The highest BCUT2D eigenvalue weighted by Gasteiger charge is 2.62. The molecular weight excluding hydrogens is 675 g/mol. The van der Waals surface area contributed by atoms with Crippen molar-refractivity contribution >= 4 is 17.6 Å². The molecule has 53 heavy (non-hydrogen) atoms. The Morgan fingerprint density at radius 3 is 2.55 bits per heavy atom. The minimum atomic E-state index is -1.27. The van der Waals surface area contributed by atoms with Crippen molar-refractivity contribution in [3.63, 3.8) is 0 Å². The molecule has 2 amide bonds. The summed E-state index contributed by atoms with van der Waals surface area (Å²) in [7, 11) is 2.13. The summed E-state index contributed by atoms with van der Waals surface area (Å²) in [5.41, 5.74) is 0.174. The third-order valence-electron chi connectivity index (χ3n) is 15.2. The van der Waals surface area contributed by atoms with E-state index in [1.165, 1.54) is 44.9 Å². The Bertz CT molecular complexity index is 1410. The van der Waals surface area contributed by atoms with Crippen LogP contribution in [0.3, 0.4) is 0 Å². The molecule has 8 fully saturated rings. The van der Waals surface area contributed by atoms with Crippen LogP contribution in [0.25, 0.3) is 0 Å². The summed E-state index contributed by atoms with van der Waals surface area (Å²) in [4.78, 5) is 50.3. The third kappa shape index (κ3) is 7.10. The number of Topliss-reactive ketones (excluding diaryl/α,β-unsaturated/α-hetero) is 1. The molecule has 3 aliphatic carbocycles. The molecule has 0 spiro atoms. The van der Waals surface area contributed by atoms with Gasteiger partial charge in [-0.15, -0.1) is 0 Å². The monoisotopic (exact) mass is 738 g/mol. The number of carbonyl (C=O) groups is 3. The van der Waals surface area contributed by atoms with Gasteiger partial charge >= 0.3 is 0 Å². The molecule has 9 rings (SSSR count). The van der Waals surface area contributed by atoms with Crippen LogP contribution in [-0.4, -0.2) is 151 Å². The van der Waals surface area contributed by atoms with Crippen molar-refractivity contribution in [1.82, 2.24) is 30.2 Å². The molecule has 11 nitrogen and oxygen atoms in total. The van der Waals surface area contributed by atoms with E-state index < -0.39 is 24.2 Å². The van der Waals surface area contributed by atoms with Gasteiger partial charge in [0.25, 0.3) is 5.91 Å². The molecule has 0 bridgehead atoms. The average molecular weight is 739 g/mol. The van der Waals surface area contributed by atoms with Gasteiger partial charge in [0, 0.05) is 56.8 Å². The van der Waals surface area contributed by atoms with Crippen molar-refractivity contribution in [2.24, 2.45) is 17.8 Å². The number of fused-ring (bicyclic) bond motifs is 5. The highest BCUT2D eigenvalue weighted by Crippen LogP contribution is 2.53. The SMILES string of the molecule is CN1CCCC1CCNC(=O)C1=CN2C3CC4OC5CCCCC5C4CC3OC3C(N4CC[C@@H](NC(=O)CCN5CCCCC5)C4)C(F)CC(C1=O)C32. The molecule has 0 aromatic rings. The summed E-state index contributed by atoms with van der Waals surface area (Å²) in [6, 6.07) is -0.437. The Hall–Kier alpha value is -2.12. The first-order valence-electron chi connectivity index (χ1n) is 21.5. The van der Waals surface area contributed by atoms with Crippen LogP contribution in [0, 0.1) is 17.8 Å². The largest absolute Gasteiger partial charge is 0.374 e. The molecule has 2 N–H and O–H groups in total. The second kappa shape index (κ2) is 15.4. The van der Waals surface area contributed by atoms with Gasteiger partial charge in [0.2, 0.25) is 5.91 Å². The Morgan fingerprint density at radius 2 is 1.72 bits per heavy atom. The summed E-state index contributed by atoms with van der Waals surface area (Å²) < 4.78 is 30.7.